The van der Waals surface area contributed by atoms with Crippen LogP contribution in [0.1, 0.15) is 6.92 Å². The molecule has 1 aliphatic heterocycles. The van der Waals surface area contributed by atoms with Crippen molar-refractivity contribution in [3.05, 3.63) is 40.8 Å². The van der Waals surface area contributed by atoms with Gasteiger partial charge >= 0.3 is 5.63 Å². The molecule has 0 aliphatic carbocycles. The highest BCUT2D eigenvalue weighted by Crippen LogP contribution is 2.19. The Balaban J connectivity index is 0.00000192. The minimum absolute atomic E-state index is 0. The molecule has 1 atom stereocenters. The van der Waals surface area contributed by atoms with Crippen molar-refractivity contribution in [1.29, 1.82) is 0 Å². The van der Waals surface area contributed by atoms with Crippen LogP contribution in [0.3, 0.4) is 0 Å². The van der Waals surface area contributed by atoms with Crippen LogP contribution in [0.15, 0.2) is 39.5 Å². The van der Waals surface area contributed by atoms with E-state index in [9.17, 15) is 9.59 Å². The average Bonchev–Trinajstić information content (AvgIpc) is 2.52. The summed E-state index contributed by atoms with van der Waals surface area (Å²) in [5.74, 6) is 0.474. The maximum absolute atomic E-state index is 12.2. The number of carbonyl (C=O) groups is 1. The molecule has 0 saturated carbocycles. The second-order valence-corrected chi connectivity index (χ2v) is 5.38. The molecule has 2 heterocycles. The lowest BCUT2D eigenvalue weighted by molar-refractivity contribution is -0.136. The monoisotopic (exact) mass is 338 g/mol. The van der Waals surface area contributed by atoms with Crippen molar-refractivity contribution in [3.8, 4) is 5.75 Å². The number of benzene rings is 1. The Bertz CT molecular complexity index is 746. The molecular formula is C16H19ClN2O4. The van der Waals surface area contributed by atoms with Crippen LogP contribution in [0.4, 0.5) is 0 Å². The van der Waals surface area contributed by atoms with Crippen molar-refractivity contribution in [1.82, 2.24) is 10.2 Å². The third kappa shape index (κ3) is 4.03. The number of ether oxygens (including phenoxy) is 1. The van der Waals surface area contributed by atoms with Gasteiger partial charge in [0.25, 0.3) is 5.91 Å². The third-order valence-electron chi connectivity index (χ3n) is 3.78. The fraction of sp³-hybridized carbons (Fsp3) is 0.375. The molecule has 124 valence electrons. The summed E-state index contributed by atoms with van der Waals surface area (Å²) < 4.78 is 10.6. The van der Waals surface area contributed by atoms with Crippen LogP contribution in [-0.2, 0) is 4.79 Å². The van der Waals surface area contributed by atoms with Gasteiger partial charge in [0.1, 0.15) is 11.3 Å². The van der Waals surface area contributed by atoms with E-state index in [2.05, 4.69) is 5.32 Å². The largest absolute Gasteiger partial charge is 0.484 e. The number of carbonyl (C=O) groups excluding carboxylic acids is 1. The van der Waals surface area contributed by atoms with E-state index < -0.39 is 5.63 Å². The maximum atomic E-state index is 12.2. The predicted molar refractivity (Wildman–Crippen MR) is 89.3 cm³/mol. The van der Waals surface area contributed by atoms with Gasteiger partial charge in [0.05, 0.1) is 0 Å². The Labute approximate surface area is 139 Å². The summed E-state index contributed by atoms with van der Waals surface area (Å²) in [5, 5.41) is 4.06. The van der Waals surface area contributed by atoms with Gasteiger partial charge in [-0.3, -0.25) is 4.79 Å². The summed E-state index contributed by atoms with van der Waals surface area (Å²) >= 11 is 0. The summed E-state index contributed by atoms with van der Waals surface area (Å²) in [6, 6.07) is 8.42. The lowest BCUT2D eigenvalue weighted by Gasteiger charge is -2.33. The Kier molecular flexibility index (Phi) is 5.63. The number of hydrogen-bond donors (Lipinski definition) is 1. The molecule has 2 aromatic rings. The van der Waals surface area contributed by atoms with Crippen LogP contribution in [0, 0.1) is 0 Å². The quantitative estimate of drug-likeness (QED) is 0.857. The average molecular weight is 339 g/mol. The highest BCUT2D eigenvalue weighted by atomic mass is 35.5. The number of nitrogens with zero attached hydrogens (tertiary/aromatic N) is 1. The van der Waals surface area contributed by atoms with E-state index in [1.165, 1.54) is 6.07 Å². The van der Waals surface area contributed by atoms with Crippen LogP contribution in [0.25, 0.3) is 11.0 Å². The summed E-state index contributed by atoms with van der Waals surface area (Å²) in [6.07, 6.45) is 0. The van der Waals surface area contributed by atoms with Gasteiger partial charge in [0.15, 0.2) is 6.61 Å². The fourth-order valence-corrected chi connectivity index (χ4v) is 2.57. The minimum atomic E-state index is -0.407. The third-order valence-corrected chi connectivity index (χ3v) is 3.78. The molecule has 0 bridgehead atoms. The van der Waals surface area contributed by atoms with Crippen molar-refractivity contribution in [3.63, 3.8) is 0 Å². The molecule has 1 saturated heterocycles. The highest BCUT2D eigenvalue weighted by molar-refractivity contribution is 5.85. The highest BCUT2D eigenvalue weighted by Gasteiger charge is 2.23. The van der Waals surface area contributed by atoms with E-state index in [-0.39, 0.29) is 31.0 Å². The molecule has 1 amide bonds. The molecule has 1 unspecified atom stereocenters. The van der Waals surface area contributed by atoms with Gasteiger partial charge in [0, 0.05) is 43.2 Å². The van der Waals surface area contributed by atoms with Gasteiger partial charge in [-0.2, -0.15) is 0 Å². The predicted octanol–water partition coefficient (Wildman–Crippen LogP) is 1.41. The first-order valence-electron chi connectivity index (χ1n) is 7.30. The summed E-state index contributed by atoms with van der Waals surface area (Å²) in [5.41, 5.74) is 0.0448. The molecule has 23 heavy (non-hydrogen) atoms. The van der Waals surface area contributed by atoms with Crippen LogP contribution in [0.2, 0.25) is 0 Å². The molecule has 1 aromatic heterocycles. The van der Waals surface area contributed by atoms with Crippen LogP contribution in [0.5, 0.6) is 5.75 Å². The second-order valence-electron chi connectivity index (χ2n) is 5.38. The van der Waals surface area contributed by atoms with Gasteiger partial charge in [-0.05, 0) is 25.1 Å². The van der Waals surface area contributed by atoms with Crippen molar-refractivity contribution < 1.29 is 13.9 Å². The van der Waals surface area contributed by atoms with Crippen molar-refractivity contribution in [2.24, 2.45) is 0 Å². The van der Waals surface area contributed by atoms with Crippen molar-refractivity contribution in [2.75, 3.05) is 26.2 Å². The van der Waals surface area contributed by atoms with Gasteiger partial charge in [-0.15, -0.1) is 12.4 Å². The number of fused-ring (bicyclic) bond motifs is 1. The van der Waals surface area contributed by atoms with E-state index in [4.69, 9.17) is 9.15 Å². The molecule has 1 fully saturated rings. The maximum Gasteiger partial charge on any atom is 0.336 e. The fourth-order valence-electron chi connectivity index (χ4n) is 2.57. The first kappa shape index (κ1) is 17.3. The molecule has 0 radical (unpaired) electrons. The number of hydrogen-bond acceptors (Lipinski definition) is 5. The second kappa shape index (κ2) is 7.48. The van der Waals surface area contributed by atoms with Crippen LogP contribution < -0.4 is 15.7 Å². The molecule has 6 nitrogen and oxygen atoms in total. The summed E-state index contributed by atoms with van der Waals surface area (Å²) in [7, 11) is 0. The number of halogens is 1. The summed E-state index contributed by atoms with van der Waals surface area (Å²) in [6.45, 7) is 4.28. The lowest BCUT2D eigenvalue weighted by atomic mass is 10.2. The molecule has 0 spiro atoms. The first-order chi connectivity index (χ1) is 10.6. The minimum Gasteiger partial charge on any atom is -0.484 e. The molecule has 3 rings (SSSR count). The molecule has 7 heteroatoms. The van der Waals surface area contributed by atoms with Crippen molar-refractivity contribution >= 4 is 29.3 Å². The van der Waals surface area contributed by atoms with E-state index in [0.717, 1.165) is 18.5 Å². The van der Waals surface area contributed by atoms with E-state index in [1.807, 2.05) is 11.8 Å². The Morgan fingerprint density at radius 3 is 2.96 bits per heavy atom. The smallest absolute Gasteiger partial charge is 0.336 e. The molecule has 1 aromatic carbocycles. The number of nitrogens with one attached hydrogen (secondary N) is 1. The SMILES string of the molecule is CC1CNCCN1C(=O)COc1ccc2ccc(=O)oc2c1.Cl. The zero-order valence-electron chi connectivity index (χ0n) is 12.8. The first-order valence-corrected chi connectivity index (χ1v) is 7.30. The lowest BCUT2D eigenvalue weighted by Crippen LogP contribution is -2.53. The molecular weight excluding hydrogens is 320 g/mol. The number of amides is 1. The van der Waals surface area contributed by atoms with E-state index in [0.29, 0.717) is 17.9 Å². The van der Waals surface area contributed by atoms with E-state index >= 15 is 0 Å². The van der Waals surface area contributed by atoms with Gasteiger partial charge < -0.3 is 19.4 Å². The Morgan fingerprint density at radius 2 is 2.17 bits per heavy atom. The Hall–Kier alpha value is -2.05. The number of piperazine rings is 1. The normalized spacial score (nSPS) is 17.6. The van der Waals surface area contributed by atoms with Crippen LogP contribution in [-0.4, -0.2) is 43.1 Å². The standard InChI is InChI=1S/C16H18N2O4.ClH/c1-11-9-17-6-7-18(11)15(19)10-21-13-4-2-12-3-5-16(20)22-14(12)8-13;/h2-5,8,11,17H,6-7,9-10H2,1H3;1H. The topological polar surface area (TPSA) is 71.8 Å². The summed E-state index contributed by atoms with van der Waals surface area (Å²) in [4.78, 5) is 25.2. The zero-order chi connectivity index (χ0) is 15.5. The Morgan fingerprint density at radius 1 is 1.39 bits per heavy atom. The van der Waals surface area contributed by atoms with Crippen molar-refractivity contribution in [2.45, 2.75) is 13.0 Å². The van der Waals surface area contributed by atoms with E-state index in [1.54, 1.807) is 24.3 Å². The van der Waals surface area contributed by atoms with Gasteiger partial charge in [-0.1, -0.05) is 0 Å². The van der Waals surface area contributed by atoms with Crippen LogP contribution >= 0.6 is 12.4 Å². The zero-order valence-corrected chi connectivity index (χ0v) is 13.6. The van der Waals surface area contributed by atoms with Gasteiger partial charge in [-0.25, -0.2) is 4.79 Å². The number of rotatable bonds is 3. The molecule has 1 N–H and O–H groups in total. The molecule has 1 aliphatic rings. The van der Waals surface area contributed by atoms with Gasteiger partial charge in [0.2, 0.25) is 0 Å².